The molecule has 1 aromatic rings. The Bertz CT molecular complexity index is 654. The summed E-state index contributed by atoms with van der Waals surface area (Å²) in [6.07, 6.45) is 3.25. The average molecular weight is 377 g/mol. The van der Waals surface area contributed by atoms with Crippen LogP contribution in [0.15, 0.2) is 24.3 Å². The van der Waals surface area contributed by atoms with Crippen molar-refractivity contribution in [2.24, 2.45) is 11.8 Å². The van der Waals surface area contributed by atoms with Crippen molar-refractivity contribution in [3.05, 3.63) is 29.8 Å². The van der Waals surface area contributed by atoms with Gasteiger partial charge in [0, 0.05) is 19.2 Å². The zero-order chi connectivity index (χ0) is 20.4. The normalized spacial score (nSPS) is 12.1. The molecule has 0 spiro atoms. The van der Waals surface area contributed by atoms with Gasteiger partial charge in [-0.2, -0.15) is 0 Å². The van der Waals surface area contributed by atoms with Gasteiger partial charge in [-0.05, 0) is 36.6 Å². The van der Waals surface area contributed by atoms with Crippen LogP contribution in [0, 0.1) is 11.8 Å². The second kappa shape index (κ2) is 11.3. The first kappa shape index (κ1) is 22.5. The third-order valence-electron chi connectivity index (χ3n) is 3.90. The molecule has 0 saturated heterocycles. The number of carbonyl (C=O) groups is 2. The molecule has 1 rings (SSSR count). The topological polar surface area (TPSA) is 65.1 Å². The van der Waals surface area contributed by atoms with E-state index in [1.54, 1.807) is 25.0 Å². The number of methoxy groups -OCH3 is 2. The van der Waals surface area contributed by atoms with Gasteiger partial charge >= 0.3 is 5.97 Å². The van der Waals surface area contributed by atoms with Crippen molar-refractivity contribution in [2.45, 2.75) is 27.7 Å². The number of nitrogens with zero attached hydrogens (tertiary/aromatic N) is 1. The van der Waals surface area contributed by atoms with Gasteiger partial charge in [-0.3, -0.25) is 9.59 Å². The van der Waals surface area contributed by atoms with Crippen molar-refractivity contribution in [3.8, 4) is 11.5 Å². The quantitative estimate of drug-likeness (QED) is 0.462. The lowest BCUT2D eigenvalue weighted by Gasteiger charge is -2.25. The van der Waals surface area contributed by atoms with Crippen LogP contribution < -0.4 is 9.47 Å². The molecular formula is C21H31NO5. The van der Waals surface area contributed by atoms with Crippen molar-refractivity contribution >= 4 is 18.0 Å². The summed E-state index contributed by atoms with van der Waals surface area (Å²) in [5, 5.41) is 0. The number of carbonyl (C=O) groups excluding carboxylic acids is 2. The third kappa shape index (κ3) is 7.33. The van der Waals surface area contributed by atoms with Crippen LogP contribution in [0.1, 0.15) is 33.3 Å². The molecule has 1 unspecified atom stereocenters. The lowest BCUT2D eigenvalue weighted by atomic mass is 10.1. The molecule has 0 aliphatic rings. The van der Waals surface area contributed by atoms with E-state index in [-0.39, 0.29) is 23.7 Å². The maximum Gasteiger partial charge on any atom is 0.310 e. The van der Waals surface area contributed by atoms with Gasteiger partial charge in [-0.15, -0.1) is 0 Å². The molecule has 6 heteroatoms. The van der Waals surface area contributed by atoms with Gasteiger partial charge in [0.2, 0.25) is 5.91 Å². The van der Waals surface area contributed by atoms with E-state index in [0.717, 1.165) is 5.56 Å². The smallest absolute Gasteiger partial charge is 0.310 e. The zero-order valence-electron chi connectivity index (χ0n) is 17.2. The molecule has 1 atom stereocenters. The molecule has 150 valence electrons. The minimum atomic E-state index is -0.378. The Balaban J connectivity index is 2.91. The second-order valence-corrected chi connectivity index (χ2v) is 6.74. The molecule has 0 heterocycles. The summed E-state index contributed by atoms with van der Waals surface area (Å²) >= 11 is 0. The highest BCUT2D eigenvalue weighted by Crippen LogP contribution is 2.28. The van der Waals surface area contributed by atoms with Gasteiger partial charge in [0.25, 0.3) is 0 Å². The van der Waals surface area contributed by atoms with Gasteiger partial charge < -0.3 is 19.1 Å². The molecule has 0 bridgehead atoms. The second-order valence-electron chi connectivity index (χ2n) is 6.74. The van der Waals surface area contributed by atoms with Crippen LogP contribution >= 0.6 is 0 Å². The van der Waals surface area contributed by atoms with Gasteiger partial charge in [0.05, 0.1) is 26.7 Å². The molecule has 1 aromatic carbocycles. The average Bonchev–Trinajstić information content (AvgIpc) is 2.65. The van der Waals surface area contributed by atoms with E-state index >= 15 is 0 Å². The fourth-order valence-electron chi connectivity index (χ4n) is 2.64. The Labute approximate surface area is 162 Å². The Kier molecular flexibility index (Phi) is 9.40. The largest absolute Gasteiger partial charge is 0.493 e. The van der Waals surface area contributed by atoms with E-state index in [2.05, 4.69) is 0 Å². The lowest BCUT2D eigenvalue weighted by Crippen LogP contribution is -2.38. The maximum atomic E-state index is 12.7. The van der Waals surface area contributed by atoms with E-state index in [9.17, 15) is 9.59 Å². The minimum Gasteiger partial charge on any atom is -0.493 e. The van der Waals surface area contributed by atoms with E-state index in [1.807, 2.05) is 39.0 Å². The summed E-state index contributed by atoms with van der Waals surface area (Å²) in [5.41, 5.74) is 0.828. The van der Waals surface area contributed by atoms with Gasteiger partial charge in [-0.1, -0.05) is 26.8 Å². The van der Waals surface area contributed by atoms with Crippen LogP contribution in [0.4, 0.5) is 0 Å². The van der Waals surface area contributed by atoms with E-state index < -0.39 is 0 Å². The van der Waals surface area contributed by atoms with Crippen molar-refractivity contribution in [1.82, 2.24) is 4.90 Å². The van der Waals surface area contributed by atoms with Gasteiger partial charge in [0.1, 0.15) is 0 Å². The van der Waals surface area contributed by atoms with Crippen LogP contribution in [0.25, 0.3) is 6.08 Å². The van der Waals surface area contributed by atoms with Crippen molar-refractivity contribution < 1.29 is 23.8 Å². The number of rotatable bonds is 10. The molecule has 0 aliphatic carbocycles. The number of amides is 1. The highest BCUT2D eigenvalue weighted by atomic mass is 16.5. The molecule has 0 aliphatic heterocycles. The standard InChI is InChI=1S/C21H31NO5/c1-7-27-18-10-8-17(12-19(18)25-5)9-11-20(23)22(13-15(2)3)14-16(4)21(24)26-6/h8-12,15-16H,7,13-14H2,1-6H3/b11-9+. The zero-order valence-corrected chi connectivity index (χ0v) is 17.2. The lowest BCUT2D eigenvalue weighted by molar-refractivity contribution is -0.146. The molecule has 0 saturated carbocycles. The predicted molar refractivity (Wildman–Crippen MR) is 106 cm³/mol. The Morgan fingerprint density at radius 3 is 2.37 bits per heavy atom. The predicted octanol–water partition coefficient (Wildman–Crippen LogP) is 3.40. The summed E-state index contributed by atoms with van der Waals surface area (Å²) < 4.78 is 15.6. The van der Waals surface area contributed by atoms with Crippen LogP contribution in [-0.2, 0) is 14.3 Å². The summed E-state index contributed by atoms with van der Waals surface area (Å²) in [4.78, 5) is 26.0. The van der Waals surface area contributed by atoms with Crippen molar-refractivity contribution in [2.75, 3.05) is 33.9 Å². The van der Waals surface area contributed by atoms with E-state index in [0.29, 0.717) is 31.2 Å². The number of ether oxygens (including phenoxy) is 3. The molecule has 0 aromatic heterocycles. The van der Waals surface area contributed by atoms with Crippen LogP contribution in [0.2, 0.25) is 0 Å². The number of hydrogen-bond donors (Lipinski definition) is 0. The fraction of sp³-hybridized carbons (Fsp3) is 0.524. The Morgan fingerprint density at radius 1 is 1.11 bits per heavy atom. The molecule has 1 amide bonds. The van der Waals surface area contributed by atoms with Gasteiger partial charge in [-0.25, -0.2) is 0 Å². The highest BCUT2D eigenvalue weighted by molar-refractivity contribution is 5.92. The highest BCUT2D eigenvalue weighted by Gasteiger charge is 2.21. The number of benzene rings is 1. The maximum absolute atomic E-state index is 12.7. The number of esters is 1. The fourth-order valence-corrected chi connectivity index (χ4v) is 2.64. The summed E-state index contributed by atoms with van der Waals surface area (Å²) in [6.45, 7) is 9.16. The molecule has 27 heavy (non-hydrogen) atoms. The van der Waals surface area contributed by atoms with Crippen LogP contribution in [0.5, 0.6) is 11.5 Å². The Hall–Kier alpha value is -2.50. The first-order chi connectivity index (χ1) is 12.8. The van der Waals surface area contributed by atoms with E-state index in [4.69, 9.17) is 14.2 Å². The van der Waals surface area contributed by atoms with Crippen LogP contribution in [-0.4, -0.2) is 50.7 Å². The van der Waals surface area contributed by atoms with Crippen molar-refractivity contribution in [3.63, 3.8) is 0 Å². The number of hydrogen-bond acceptors (Lipinski definition) is 5. The monoisotopic (exact) mass is 377 g/mol. The minimum absolute atomic E-state index is 0.146. The van der Waals surface area contributed by atoms with Crippen molar-refractivity contribution in [1.29, 1.82) is 0 Å². The van der Waals surface area contributed by atoms with Crippen LogP contribution in [0.3, 0.4) is 0 Å². The molecule has 0 radical (unpaired) electrons. The first-order valence-corrected chi connectivity index (χ1v) is 9.17. The van der Waals surface area contributed by atoms with E-state index in [1.165, 1.54) is 13.2 Å². The molecule has 0 N–H and O–H groups in total. The summed E-state index contributed by atoms with van der Waals surface area (Å²) in [5.74, 6) is 0.722. The molecule has 0 fully saturated rings. The molecule has 6 nitrogen and oxygen atoms in total. The SMILES string of the molecule is CCOc1ccc(/C=C/C(=O)N(CC(C)C)CC(C)C(=O)OC)cc1OC. The third-order valence-corrected chi connectivity index (χ3v) is 3.90. The molecular weight excluding hydrogens is 346 g/mol. The summed E-state index contributed by atoms with van der Waals surface area (Å²) in [7, 11) is 2.93. The Morgan fingerprint density at radius 2 is 1.81 bits per heavy atom. The first-order valence-electron chi connectivity index (χ1n) is 9.17. The van der Waals surface area contributed by atoms with Gasteiger partial charge in [0.15, 0.2) is 11.5 Å². The summed E-state index contributed by atoms with van der Waals surface area (Å²) in [6, 6.07) is 5.50.